The average Bonchev–Trinajstić information content (AvgIpc) is 2.96. The maximum Gasteiger partial charge on any atom is 0.261 e. The minimum atomic E-state index is -0.255. The van der Waals surface area contributed by atoms with Crippen LogP contribution in [-0.4, -0.2) is 35.7 Å². The van der Waals surface area contributed by atoms with E-state index in [0.29, 0.717) is 18.3 Å². The molecule has 0 spiro atoms. The number of aryl methyl sites for hydroxylation is 1. The maximum absolute atomic E-state index is 5.98. The Hall–Kier alpha value is -1.66. The Kier molecular flexibility index (Phi) is 3.78. The topological polar surface area (TPSA) is 81.3 Å². The highest BCUT2D eigenvalue weighted by Crippen LogP contribution is 2.24. The molecule has 0 saturated heterocycles. The molecule has 6 heteroatoms. The molecular weight excluding hydrogens is 232 g/mol. The summed E-state index contributed by atoms with van der Waals surface area (Å²) < 4.78 is 10.6. The van der Waals surface area contributed by atoms with Crippen LogP contribution < -0.4 is 5.73 Å². The van der Waals surface area contributed by atoms with Gasteiger partial charge in [0, 0.05) is 13.0 Å². The van der Waals surface area contributed by atoms with E-state index in [9.17, 15) is 0 Å². The lowest BCUT2D eigenvalue weighted by atomic mass is 10.2. The van der Waals surface area contributed by atoms with E-state index in [2.05, 4.69) is 10.1 Å². The summed E-state index contributed by atoms with van der Waals surface area (Å²) in [5.74, 6) is 1.82. The minimum Gasteiger partial charge on any atom is -0.469 e. The smallest absolute Gasteiger partial charge is 0.261 e. The lowest BCUT2D eigenvalue weighted by Gasteiger charge is -2.12. The van der Waals surface area contributed by atoms with Crippen LogP contribution in [-0.2, 0) is 6.42 Å². The zero-order valence-electron chi connectivity index (χ0n) is 10.9. The lowest BCUT2D eigenvalue weighted by Crippen LogP contribution is -2.26. The summed E-state index contributed by atoms with van der Waals surface area (Å²) in [6, 6.07) is 1.57. The molecule has 0 fully saturated rings. The molecule has 0 saturated carbocycles. The third-order valence-corrected chi connectivity index (χ3v) is 2.63. The molecule has 0 radical (unpaired) electrons. The fourth-order valence-electron chi connectivity index (χ4n) is 1.77. The van der Waals surface area contributed by atoms with Gasteiger partial charge in [-0.05, 0) is 20.2 Å². The van der Waals surface area contributed by atoms with Crippen LogP contribution in [0.1, 0.15) is 24.6 Å². The van der Waals surface area contributed by atoms with E-state index in [-0.39, 0.29) is 6.04 Å². The van der Waals surface area contributed by atoms with Crippen molar-refractivity contribution in [2.45, 2.75) is 19.4 Å². The third-order valence-electron chi connectivity index (χ3n) is 2.63. The molecule has 0 amide bonds. The first kappa shape index (κ1) is 12.8. The molecule has 0 aliphatic carbocycles. The van der Waals surface area contributed by atoms with Crippen LogP contribution in [0.2, 0.25) is 0 Å². The first-order valence-corrected chi connectivity index (χ1v) is 5.92. The largest absolute Gasteiger partial charge is 0.469 e. The van der Waals surface area contributed by atoms with Crippen LogP contribution in [0.25, 0.3) is 11.5 Å². The Morgan fingerprint density at radius 1 is 1.44 bits per heavy atom. The Morgan fingerprint density at radius 3 is 2.89 bits per heavy atom. The number of furan rings is 1. The van der Waals surface area contributed by atoms with Gasteiger partial charge in [-0.25, -0.2) is 0 Å². The third kappa shape index (κ3) is 2.60. The van der Waals surface area contributed by atoms with Crippen LogP contribution in [0.3, 0.4) is 0 Å². The molecule has 0 aliphatic heterocycles. The van der Waals surface area contributed by atoms with Crippen molar-refractivity contribution in [3.05, 3.63) is 23.9 Å². The van der Waals surface area contributed by atoms with Crippen molar-refractivity contribution in [2.24, 2.45) is 5.73 Å². The highest BCUT2D eigenvalue weighted by atomic mass is 16.5. The Labute approximate surface area is 106 Å². The second-order valence-corrected chi connectivity index (χ2v) is 4.44. The quantitative estimate of drug-likeness (QED) is 0.865. The molecule has 0 aromatic carbocycles. The van der Waals surface area contributed by atoms with Gasteiger partial charge in [-0.1, -0.05) is 12.1 Å². The molecule has 1 unspecified atom stereocenters. The molecule has 2 aromatic heterocycles. The van der Waals surface area contributed by atoms with Crippen molar-refractivity contribution in [1.82, 2.24) is 15.0 Å². The van der Waals surface area contributed by atoms with Crippen molar-refractivity contribution in [2.75, 3.05) is 20.6 Å². The second kappa shape index (κ2) is 5.32. The first-order valence-electron chi connectivity index (χ1n) is 5.92. The van der Waals surface area contributed by atoms with Crippen LogP contribution in [0, 0.1) is 0 Å². The molecule has 0 aliphatic rings. The summed E-state index contributed by atoms with van der Waals surface area (Å²) in [7, 11) is 3.90. The minimum absolute atomic E-state index is 0.255. The number of rotatable bonds is 5. The van der Waals surface area contributed by atoms with Crippen LogP contribution in [0.5, 0.6) is 0 Å². The summed E-state index contributed by atoms with van der Waals surface area (Å²) in [6.07, 6.45) is 2.40. The number of nitrogens with two attached hydrogens (primary N) is 1. The molecular formula is C12H18N4O2. The van der Waals surface area contributed by atoms with Crippen LogP contribution in [0.15, 0.2) is 21.3 Å². The van der Waals surface area contributed by atoms with Gasteiger partial charge in [0.1, 0.15) is 5.76 Å². The van der Waals surface area contributed by atoms with Gasteiger partial charge in [-0.15, -0.1) is 0 Å². The van der Waals surface area contributed by atoms with Gasteiger partial charge in [0.05, 0.1) is 17.9 Å². The highest BCUT2D eigenvalue weighted by Gasteiger charge is 2.18. The Morgan fingerprint density at radius 2 is 2.22 bits per heavy atom. The van der Waals surface area contributed by atoms with Gasteiger partial charge in [0.15, 0.2) is 5.82 Å². The molecule has 98 valence electrons. The van der Waals surface area contributed by atoms with E-state index in [1.807, 2.05) is 32.0 Å². The predicted molar refractivity (Wildman–Crippen MR) is 66.9 cm³/mol. The highest BCUT2D eigenvalue weighted by molar-refractivity contribution is 5.55. The predicted octanol–water partition coefficient (Wildman–Crippen LogP) is 1.45. The van der Waals surface area contributed by atoms with Gasteiger partial charge in [0.2, 0.25) is 0 Å². The molecule has 0 bridgehead atoms. The molecule has 2 rings (SSSR count). The number of likely N-dealkylation sites (N-methyl/N-ethyl adjacent to an activating group) is 1. The molecule has 6 nitrogen and oxygen atoms in total. The molecule has 2 N–H and O–H groups in total. The van der Waals surface area contributed by atoms with E-state index in [0.717, 1.165) is 17.7 Å². The van der Waals surface area contributed by atoms with Crippen molar-refractivity contribution in [3.8, 4) is 11.5 Å². The SMILES string of the molecule is CCc1occc1-c1nc(C(N)CN(C)C)no1. The monoisotopic (exact) mass is 250 g/mol. The summed E-state index contributed by atoms with van der Waals surface area (Å²) in [5, 5.41) is 3.92. The second-order valence-electron chi connectivity index (χ2n) is 4.44. The van der Waals surface area contributed by atoms with Crippen molar-refractivity contribution in [1.29, 1.82) is 0 Å². The van der Waals surface area contributed by atoms with Crippen molar-refractivity contribution < 1.29 is 8.94 Å². The standard InChI is InChI=1S/C12H18N4O2/c1-4-10-8(5-6-17-10)12-14-11(15-18-12)9(13)7-16(2)3/h5-6,9H,4,7,13H2,1-3H3. The molecule has 1 atom stereocenters. The number of hydrogen-bond donors (Lipinski definition) is 1. The van der Waals surface area contributed by atoms with Gasteiger partial charge in [-0.3, -0.25) is 0 Å². The molecule has 2 heterocycles. The van der Waals surface area contributed by atoms with E-state index >= 15 is 0 Å². The van der Waals surface area contributed by atoms with Gasteiger partial charge in [-0.2, -0.15) is 4.98 Å². The summed E-state index contributed by atoms with van der Waals surface area (Å²) >= 11 is 0. The number of aromatic nitrogens is 2. The Balaban J connectivity index is 2.20. The molecule has 18 heavy (non-hydrogen) atoms. The number of nitrogens with zero attached hydrogens (tertiary/aromatic N) is 3. The van der Waals surface area contributed by atoms with Gasteiger partial charge < -0.3 is 19.6 Å². The average molecular weight is 250 g/mol. The molecule has 2 aromatic rings. The van der Waals surface area contributed by atoms with Crippen LogP contribution in [0.4, 0.5) is 0 Å². The van der Waals surface area contributed by atoms with E-state index in [1.165, 1.54) is 0 Å². The lowest BCUT2D eigenvalue weighted by molar-refractivity contribution is 0.357. The van der Waals surface area contributed by atoms with E-state index in [1.54, 1.807) is 6.26 Å². The van der Waals surface area contributed by atoms with E-state index in [4.69, 9.17) is 14.7 Å². The fourth-order valence-corrected chi connectivity index (χ4v) is 1.77. The normalized spacial score (nSPS) is 13.2. The zero-order valence-corrected chi connectivity index (χ0v) is 10.9. The van der Waals surface area contributed by atoms with Gasteiger partial charge >= 0.3 is 0 Å². The maximum atomic E-state index is 5.98. The van der Waals surface area contributed by atoms with Crippen molar-refractivity contribution >= 4 is 0 Å². The summed E-state index contributed by atoms with van der Waals surface area (Å²) in [6.45, 7) is 2.68. The van der Waals surface area contributed by atoms with Crippen molar-refractivity contribution in [3.63, 3.8) is 0 Å². The zero-order chi connectivity index (χ0) is 13.1. The first-order chi connectivity index (χ1) is 8.61. The van der Waals surface area contributed by atoms with Gasteiger partial charge in [0.25, 0.3) is 5.89 Å². The Bertz CT molecular complexity index is 504. The van der Waals surface area contributed by atoms with E-state index < -0.39 is 0 Å². The fraction of sp³-hybridized carbons (Fsp3) is 0.500. The number of hydrogen-bond acceptors (Lipinski definition) is 6. The summed E-state index contributed by atoms with van der Waals surface area (Å²) in [5.41, 5.74) is 6.82. The van der Waals surface area contributed by atoms with Crippen LogP contribution >= 0.6 is 0 Å². The summed E-state index contributed by atoms with van der Waals surface area (Å²) in [4.78, 5) is 6.31.